The second-order valence-corrected chi connectivity index (χ2v) is 1.98. The fourth-order valence-electron chi connectivity index (χ4n) is 0.688. The van der Waals surface area contributed by atoms with Gasteiger partial charge in [-0.05, 0) is 0 Å². The van der Waals surface area contributed by atoms with Crippen LogP contribution in [0.15, 0.2) is 0 Å². The number of nitrogens with zero attached hydrogens (tertiary/aromatic N) is 1. The summed E-state index contributed by atoms with van der Waals surface area (Å²) in [7, 11) is 1.61. The first-order chi connectivity index (χ1) is 4.22. The lowest BCUT2D eigenvalue weighted by Crippen LogP contribution is -2.50. The molecule has 1 N–H and O–H groups in total. The second-order valence-electron chi connectivity index (χ2n) is 1.98. The van der Waals surface area contributed by atoms with Crippen molar-refractivity contribution in [1.29, 1.82) is 0 Å². The van der Waals surface area contributed by atoms with E-state index in [1.54, 1.807) is 7.05 Å². The van der Waals surface area contributed by atoms with Gasteiger partial charge in [-0.3, -0.25) is 9.59 Å². The van der Waals surface area contributed by atoms with Gasteiger partial charge in [0, 0.05) is 20.1 Å². The van der Waals surface area contributed by atoms with Crippen molar-refractivity contribution < 1.29 is 9.59 Å². The van der Waals surface area contributed by atoms with Gasteiger partial charge in [0.25, 0.3) is 0 Å². The van der Waals surface area contributed by atoms with E-state index in [1.165, 1.54) is 4.90 Å². The van der Waals surface area contributed by atoms with Crippen molar-refractivity contribution in [2.24, 2.45) is 0 Å². The Morgan fingerprint density at radius 3 is 2.50 bits per heavy atom. The van der Waals surface area contributed by atoms with E-state index in [0.717, 1.165) is 0 Å². The molecule has 0 atom stereocenters. The number of piperazine rings is 1. The van der Waals surface area contributed by atoms with Crippen molar-refractivity contribution in [2.45, 2.75) is 0 Å². The largest absolute Gasteiger partial charge is 0.346 e. The molecule has 4 nitrogen and oxygen atoms in total. The Labute approximate surface area is 65.0 Å². The van der Waals surface area contributed by atoms with Crippen LogP contribution in [0.3, 0.4) is 0 Å². The first-order valence-electron chi connectivity index (χ1n) is 2.75. The number of carbonyl (C=O) groups excluding carboxylic acids is 2. The van der Waals surface area contributed by atoms with E-state index >= 15 is 0 Å². The number of carbonyl (C=O) groups is 2. The van der Waals surface area contributed by atoms with Crippen molar-refractivity contribution >= 4 is 24.2 Å². The standard InChI is InChI=1S/C5H8N2O2.ClH/c1-7-3-2-6-4(8)5(7)9;/h2-3H2,1H3,(H,6,8);1H. The van der Waals surface area contributed by atoms with E-state index < -0.39 is 11.8 Å². The maximum absolute atomic E-state index is 10.6. The van der Waals surface area contributed by atoms with Crippen LogP contribution in [0.1, 0.15) is 0 Å². The highest BCUT2D eigenvalue weighted by Crippen LogP contribution is 1.88. The molecule has 1 fully saturated rings. The molecule has 0 aromatic carbocycles. The van der Waals surface area contributed by atoms with Crippen molar-refractivity contribution in [1.82, 2.24) is 10.2 Å². The Morgan fingerprint density at radius 1 is 1.50 bits per heavy atom. The minimum Gasteiger partial charge on any atom is -0.346 e. The maximum Gasteiger partial charge on any atom is 0.311 e. The van der Waals surface area contributed by atoms with Crippen LogP contribution in [0.25, 0.3) is 0 Å². The number of halogens is 1. The Morgan fingerprint density at radius 2 is 2.10 bits per heavy atom. The van der Waals surface area contributed by atoms with Crippen LogP contribution in [0.4, 0.5) is 0 Å². The molecular formula is C5H9ClN2O2. The lowest BCUT2D eigenvalue weighted by molar-refractivity contribution is -0.147. The van der Waals surface area contributed by atoms with Crippen LogP contribution < -0.4 is 5.32 Å². The Bertz CT molecular complexity index is 160. The van der Waals surface area contributed by atoms with E-state index in [1.807, 2.05) is 0 Å². The van der Waals surface area contributed by atoms with Gasteiger partial charge in [-0.2, -0.15) is 0 Å². The van der Waals surface area contributed by atoms with E-state index in [4.69, 9.17) is 0 Å². The van der Waals surface area contributed by atoms with Crippen LogP contribution in [-0.2, 0) is 9.59 Å². The molecule has 2 amide bonds. The number of likely N-dealkylation sites (N-methyl/N-ethyl adjacent to an activating group) is 1. The number of nitrogens with one attached hydrogen (secondary N) is 1. The molecule has 0 radical (unpaired) electrons. The average molecular weight is 165 g/mol. The van der Waals surface area contributed by atoms with Gasteiger partial charge in [0.05, 0.1) is 0 Å². The number of rotatable bonds is 0. The molecule has 1 saturated heterocycles. The van der Waals surface area contributed by atoms with Gasteiger partial charge in [-0.15, -0.1) is 12.4 Å². The molecule has 0 aromatic heterocycles. The molecule has 10 heavy (non-hydrogen) atoms. The summed E-state index contributed by atoms with van der Waals surface area (Å²) in [5.74, 6) is -0.940. The molecule has 0 unspecified atom stereocenters. The lowest BCUT2D eigenvalue weighted by atomic mass is 10.4. The molecule has 0 aromatic rings. The maximum atomic E-state index is 10.6. The zero-order chi connectivity index (χ0) is 6.85. The van der Waals surface area contributed by atoms with E-state index in [-0.39, 0.29) is 12.4 Å². The highest BCUT2D eigenvalue weighted by Gasteiger charge is 2.21. The fourth-order valence-corrected chi connectivity index (χ4v) is 0.688. The monoisotopic (exact) mass is 164 g/mol. The van der Waals surface area contributed by atoms with Crippen LogP contribution in [0, 0.1) is 0 Å². The molecule has 1 rings (SSSR count). The summed E-state index contributed by atoms with van der Waals surface area (Å²) in [6.45, 7) is 1.19. The molecule has 0 aliphatic carbocycles. The topological polar surface area (TPSA) is 49.4 Å². The zero-order valence-electron chi connectivity index (χ0n) is 5.59. The smallest absolute Gasteiger partial charge is 0.311 e. The average Bonchev–Trinajstić information content (AvgIpc) is 1.83. The second kappa shape index (κ2) is 3.41. The molecular weight excluding hydrogens is 156 g/mol. The summed E-state index contributed by atoms with van der Waals surface area (Å²) in [4.78, 5) is 22.5. The van der Waals surface area contributed by atoms with E-state index in [0.29, 0.717) is 13.1 Å². The Kier molecular flexibility index (Phi) is 3.15. The third-order valence-corrected chi connectivity index (χ3v) is 1.27. The summed E-state index contributed by atoms with van der Waals surface area (Å²) in [6, 6.07) is 0. The quantitative estimate of drug-likeness (QED) is 0.467. The van der Waals surface area contributed by atoms with Gasteiger partial charge in [-0.25, -0.2) is 0 Å². The first kappa shape index (κ1) is 9.23. The van der Waals surface area contributed by atoms with Crippen LogP contribution in [-0.4, -0.2) is 36.9 Å². The first-order valence-corrected chi connectivity index (χ1v) is 2.75. The third kappa shape index (κ3) is 1.60. The van der Waals surface area contributed by atoms with Crippen LogP contribution >= 0.6 is 12.4 Å². The predicted octanol–water partition coefficient (Wildman–Crippen LogP) is -1.00. The van der Waals surface area contributed by atoms with Crippen LogP contribution in [0.5, 0.6) is 0 Å². The van der Waals surface area contributed by atoms with Gasteiger partial charge in [0.15, 0.2) is 0 Å². The molecule has 5 heteroatoms. The van der Waals surface area contributed by atoms with E-state index in [2.05, 4.69) is 5.32 Å². The normalized spacial score (nSPS) is 17.9. The van der Waals surface area contributed by atoms with Gasteiger partial charge in [-0.1, -0.05) is 0 Å². The minimum atomic E-state index is -0.497. The molecule has 0 bridgehead atoms. The van der Waals surface area contributed by atoms with Crippen molar-refractivity contribution in [2.75, 3.05) is 20.1 Å². The number of hydrogen-bond acceptors (Lipinski definition) is 2. The Hall–Kier alpha value is -0.770. The van der Waals surface area contributed by atoms with Gasteiger partial charge in [0.2, 0.25) is 0 Å². The lowest BCUT2D eigenvalue weighted by Gasteiger charge is -2.21. The van der Waals surface area contributed by atoms with Gasteiger partial charge in [0.1, 0.15) is 0 Å². The van der Waals surface area contributed by atoms with E-state index in [9.17, 15) is 9.59 Å². The third-order valence-electron chi connectivity index (χ3n) is 1.27. The highest BCUT2D eigenvalue weighted by atomic mass is 35.5. The molecule has 1 aliphatic rings. The summed E-state index contributed by atoms with van der Waals surface area (Å²) in [6.07, 6.45) is 0. The van der Waals surface area contributed by atoms with Crippen molar-refractivity contribution in [3.63, 3.8) is 0 Å². The highest BCUT2D eigenvalue weighted by molar-refractivity contribution is 6.35. The summed E-state index contributed by atoms with van der Waals surface area (Å²) < 4.78 is 0. The predicted molar refractivity (Wildman–Crippen MR) is 37.9 cm³/mol. The number of hydrogen-bond donors (Lipinski definition) is 1. The summed E-state index contributed by atoms with van der Waals surface area (Å²) >= 11 is 0. The molecule has 1 heterocycles. The zero-order valence-corrected chi connectivity index (χ0v) is 6.40. The SMILES string of the molecule is CN1CCNC(=O)C1=O.Cl. The molecule has 1 aliphatic heterocycles. The fraction of sp³-hybridized carbons (Fsp3) is 0.600. The molecule has 0 spiro atoms. The molecule has 58 valence electrons. The summed E-state index contributed by atoms with van der Waals surface area (Å²) in [5.41, 5.74) is 0. The van der Waals surface area contributed by atoms with Gasteiger partial charge >= 0.3 is 11.8 Å². The Balaban J connectivity index is 0.000000810. The minimum absolute atomic E-state index is 0. The van der Waals surface area contributed by atoms with Crippen molar-refractivity contribution in [3.05, 3.63) is 0 Å². The number of amides is 2. The molecule has 0 saturated carbocycles. The van der Waals surface area contributed by atoms with Gasteiger partial charge < -0.3 is 10.2 Å². The van der Waals surface area contributed by atoms with Crippen molar-refractivity contribution in [3.8, 4) is 0 Å². The summed E-state index contributed by atoms with van der Waals surface area (Å²) in [5, 5.41) is 2.43. The van der Waals surface area contributed by atoms with Crippen LogP contribution in [0.2, 0.25) is 0 Å².